The lowest BCUT2D eigenvalue weighted by Crippen LogP contribution is -2.67. The lowest BCUT2D eigenvalue weighted by Gasteiger charge is -2.52. The first-order valence-electron chi connectivity index (χ1n) is 8.02. The molecule has 0 aromatic rings. The number of hydrogen-bond acceptors (Lipinski definition) is 3. The Bertz CT molecular complexity index is 411. The third-order valence-electron chi connectivity index (χ3n) is 6.38. The molecular formula is C16H28N2O2. The van der Waals surface area contributed by atoms with Crippen LogP contribution < -0.4 is 5.73 Å². The van der Waals surface area contributed by atoms with Crippen molar-refractivity contribution in [3.05, 3.63) is 0 Å². The number of β-amino-alcohol motifs (C(OH)–C–C–N with tert-alkyl or cyclic N) is 1. The fourth-order valence-electron chi connectivity index (χ4n) is 4.16. The van der Waals surface area contributed by atoms with Gasteiger partial charge in [-0.05, 0) is 42.9 Å². The van der Waals surface area contributed by atoms with E-state index in [9.17, 15) is 9.90 Å². The summed E-state index contributed by atoms with van der Waals surface area (Å²) in [5, 5.41) is 10.4. The molecule has 1 saturated heterocycles. The molecule has 0 spiro atoms. The van der Waals surface area contributed by atoms with Crippen molar-refractivity contribution in [2.45, 2.75) is 58.1 Å². The van der Waals surface area contributed by atoms with Gasteiger partial charge in [-0.25, -0.2) is 0 Å². The highest BCUT2D eigenvalue weighted by Gasteiger charge is 2.55. The van der Waals surface area contributed by atoms with Gasteiger partial charge in [-0.15, -0.1) is 0 Å². The van der Waals surface area contributed by atoms with Crippen molar-refractivity contribution in [1.82, 2.24) is 4.90 Å². The van der Waals surface area contributed by atoms with Crippen molar-refractivity contribution in [3.63, 3.8) is 0 Å². The summed E-state index contributed by atoms with van der Waals surface area (Å²) >= 11 is 0. The van der Waals surface area contributed by atoms with E-state index in [4.69, 9.17) is 5.73 Å². The minimum atomic E-state index is -0.573. The molecule has 3 aliphatic rings. The molecule has 20 heavy (non-hydrogen) atoms. The van der Waals surface area contributed by atoms with Gasteiger partial charge in [0.2, 0.25) is 5.91 Å². The maximum absolute atomic E-state index is 12.8. The number of hydrogen-bond donors (Lipinski definition) is 2. The Morgan fingerprint density at radius 2 is 1.80 bits per heavy atom. The SMILES string of the molecule is CC1C(N)CCC(C(=O)N2CC(O)(C3CC3)C2)C1(C)C. The summed E-state index contributed by atoms with van der Waals surface area (Å²) in [6.07, 6.45) is 4.07. The first kappa shape index (κ1) is 14.3. The molecule has 3 atom stereocenters. The molecule has 1 heterocycles. The van der Waals surface area contributed by atoms with Crippen LogP contribution in [0.2, 0.25) is 0 Å². The number of aliphatic hydroxyl groups is 1. The van der Waals surface area contributed by atoms with Gasteiger partial charge >= 0.3 is 0 Å². The number of nitrogens with zero attached hydrogens (tertiary/aromatic N) is 1. The molecule has 0 radical (unpaired) electrons. The predicted molar refractivity (Wildman–Crippen MR) is 77.9 cm³/mol. The Morgan fingerprint density at radius 3 is 2.35 bits per heavy atom. The topological polar surface area (TPSA) is 66.6 Å². The van der Waals surface area contributed by atoms with Crippen LogP contribution in [0.4, 0.5) is 0 Å². The van der Waals surface area contributed by atoms with Gasteiger partial charge in [0.25, 0.3) is 0 Å². The largest absolute Gasteiger partial charge is 0.386 e. The van der Waals surface area contributed by atoms with Crippen LogP contribution in [0.1, 0.15) is 46.5 Å². The van der Waals surface area contributed by atoms with Crippen LogP contribution in [-0.4, -0.2) is 40.6 Å². The summed E-state index contributed by atoms with van der Waals surface area (Å²) in [5.41, 5.74) is 5.54. The van der Waals surface area contributed by atoms with Crippen molar-refractivity contribution in [2.24, 2.45) is 28.9 Å². The van der Waals surface area contributed by atoms with Crippen molar-refractivity contribution < 1.29 is 9.90 Å². The van der Waals surface area contributed by atoms with E-state index >= 15 is 0 Å². The minimum absolute atomic E-state index is 0.0535. The third-order valence-corrected chi connectivity index (χ3v) is 6.38. The van der Waals surface area contributed by atoms with E-state index in [1.54, 1.807) is 0 Å². The van der Waals surface area contributed by atoms with Gasteiger partial charge in [0.1, 0.15) is 5.60 Å². The second-order valence-corrected chi connectivity index (χ2v) is 7.98. The number of carbonyl (C=O) groups excluding carboxylic acids is 1. The van der Waals surface area contributed by atoms with Gasteiger partial charge in [-0.2, -0.15) is 0 Å². The molecule has 0 aromatic heterocycles. The molecule has 2 aliphatic carbocycles. The average Bonchev–Trinajstić information content (AvgIpc) is 3.16. The zero-order chi connectivity index (χ0) is 14.7. The van der Waals surface area contributed by atoms with Crippen LogP contribution in [0.3, 0.4) is 0 Å². The van der Waals surface area contributed by atoms with E-state index in [2.05, 4.69) is 20.8 Å². The van der Waals surface area contributed by atoms with E-state index in [0.717, 1.165) is 25.7 Å². The quantitative estimate of drug-likeness (QED) is 0.803. The van der Waals surface area contributed by atoms with Crippen molar-refractivity contribution in [1.29, 1.82) is 0 Å². The molecule has 2 saturated carbocycles. The van der Waals surface area contributed by atoms with E-state index in [0.29, 0.717) is 24.9 Å². The Morgan fingerprint density at radius 1 is 1.20 bits per heavy atom. The Labute approximate surface area is 121 Å². The molecule has 4 nitrogen and oxygen atoms in total. The number of rotatable bonds is 2. The van der Waals surface area contributed by atoms with Crippen LogP contribution >= 0.6 is 0 Å². The molecule has 3 fully saturated rings. The highest BCUT2D eigenvalue weighted by atomic mass is 16.3. The summed E-state index contributed by atoms with van der Waals surface area (Å²) in [7, 11) is 0. The summed E-state index contributed by atoms with van der Waals surface area (Å²) in [4.78, 5) is 14.6. The summed E-state index contributed by atoms with van der Waals surface area (Å²) in [6, 6.07) is 0.203. The van der Waals surface area contributed by atoms with Crippen LogP contribution in [0.5, 0.6) is 0 Å². The van der Waals surface area contributed by atoms with Gasteiger partial charge < -0.3 is 15.7 Å². The van der Waals surface area contributed by atoms with Crippen LogP contribution in [-0.2, 0) is 4.79 Å². The summed E-state index contributed by atoms with van der Waals surface area (Å²) < 4.78 is 0. The fourth-order valence-corrected chi connectivity index (χ4v) is 4.16. The second-order valence-electron chi connectivity index (χ2n) is 7.98. The van der Waals surface area contributed by atoms with E-state index in [1.165, 1.54) is 0 Å². The van der Waals surface area contributed by atoms with Crippen molar-refractivity contribution in [2.75, 3.05) is 13.1 Å². The smallest absolute Gasteiger partial charge is 0.226 e. The Balaban J connectivity index is 1.66. The summed E-state index contributed by atoms with van der Waals surface area (Å²) in [6.45, 7) is 7.60. The molecule has 4 heteroatoms. The molecule has 3 rings (SSSR count). The predicted octanol–water partition coefficient (Wildman–Crippen LogP) is 1.37. The first-order chi connectivity index (χ1) is 9.25. The lowest BCUT2D eigenvalue weighted by atomic mass is 9.60. The fraction of sp³-hybridized carbons (Fsp3) is 0.938. The van der Waals surface area contributed by atoms with Gasteiger partial charge in [0, 0.05) is 12.0 Å². The molecule has 114 valence electrons. The van der Waals surface area contributed by atoms with E-state index < -0.39 is 5.60 Å². The number of amides is 1. The maximum Gasteiger partial charge on any atom is 0.226 e. The maximum atomic E-state index is 12.8. The molecule has 1 aliphatic heterocycles. The molecule has 0 bridgehead atoms. The zero-order valence-corrected chi connectivity index (χ0v) is 12.9. The molecule has 3 N–H and O–H groups in total. The number of carbonyl (C=O) groups is 1. The van der Waals surface area contributed by atoms with Gasteiger partial charge in [-0.1, -0.05) is 20.8 Å². The minimum Gasteiger partial charge on any atom is -0.386 e. The number of likely N-dealkylation sites (tertiary alicyclic amines) is 1. The highest BCUT2D eigenvalue weighted by Crippen LogP contribution is 2.48. The Kier molecular flexibility index (Phi) is 3.18. The number of nitrogens with two attached hydrogens (primary N) is 1. The molecule has 3 unspecified atom stereocenters. The van der Waals surface area contributed by atoms with Gasteiger partial charge in [-0.3, -0.25) is 4.79 Å². The monoisotopic (exact) mass is 280 g/mol. The lowest BCUT2D eigenvalue weighted by molar-refractivity contribution is -0.170. The van der Waals surface area contributed by atoms with Crippen LogP contribution in [0.15, 0.2) is 0 Å². The Hall–Kier alpha value is -0.610. The van der Waals surface area contributed by atoms with E-state index in [1.807, 2.05) is 4.90 Å². The van der Waals surface area contributed by atoms with Crippen LogP contribution in [0.25, 0.3) is 0 Å². The van der Waals surface area contributed by atoms with Crippen LogP contribution in [0, 0.1) is 23.2 Å². The second kappa shape index (κ2) is 4.44. The van der Waals surface area contributed by atoms with E-state index in [-0.39, 0.29) is 23.3 Å². The molecule has 1 amide bonds. The van der Waals surface area contributed by atoms with Crippen molar-refractivity contribution >= 4 is 5.91 Å². The standard InChI is InChI=1S/C16H28N2O2/c1-10-13(17)7-6-12(15(10,2)3)14(19)18-8-16(20,9-18)11-4-5-11/h10-13,20H,4-9,17H2,1-3H3. The first-order valence-corrected chi connectivity index (χ1v) is 8.02. The highest BCUT2D eigenvalue weighted by molar-refractivity contribution is 5.81. The van der Waals surface area contributed by atoms with Gasteiger partial charge in [0.15, 0.2) is 0 Å². The zero-order valence-electron chi connectivity index (χ0n) is 12.9. The molecular weight excluding hydrogens is 252 g/mol. The summed E-state index contributed by atoms with van der Waals surface area (Å²) in [5.74, 6) is 1.09. The van der Waals surface area contributed by atoms with Gasteiger partial charge in [0.05, 0.1) is 13.1 Å². The normalized spacial score (nSPS) is 39.2. The third kappa shape index (κ3) is 2.08. The average molecular weight is 280 g/mol. The molecule has 0 aromatic carbocycles. The van der Waals surface area contributed by atoms with Crippen molar-refractivity contribution in [3.8, 4) is 0 Å².